The Labute approximate surface area is 111 Å². The zero-order chi connectivity index (χ0) is 13.1. The van der Waals surface area contributed by atoms with E-state index in [1.54, 1.807) is 0 Å². The van der Waals surface area contributed by atoms with Crippen LogP contribution in [0.5, 0.6) is 0 Å². The Morgan fingerprint density at radius 1 is 1.11 bits per heavy atom. The van der Waals surface area contributed by atoms with Gasteiger partial charge in [0.25, 0.3) is 0 Å². The molecule has 2 rings (SSSR count). The van der Waals surface area contributed by atoms with E-state index in [-0.39, 0.29) is 6.04 Å². The van der Waals surface area contributed by atoms with E-state index >= 15 is 0 Å². The number of nitrogens with two attached hydrogens (primary N) is 1. The number of rotatable bonds is 3. The van der Waals surface area contributed by atoms with Gasteiger partial charge >= 0.3 is 0 Å². The van der Waals surface area contributed by atoms with E-state index in [2.05, 4.69) is 56.0 Å². The zero-order valence-corrected chi connectivity index (χ0v) is 11.8. The Bertz CT molecular complexity index is 351. The van der Waals surface area contributed by atoms with Gasteiger partial charge in [0.05, 0.1) is 0 Å². The lowest BCUT2D eigenvalue weighted by Gasteiger charge is -2.42. The molecule has 2 N–H and O–H groups in total. The molecule has 4 unspecified atom stereocenters. The number of hydrogen-bond acceptors (Lipinski definition) is 2. The zero-order valence-electron chi connectivity index (χ0n) is 11.8. The minimum absolute atomic E-state index is 0.171. The number of likely N-dealkylation sites (tertiary alicyclic amines) is 1. The van der Waals surface area contributed by atoms with E-state index in [4.69, 9.17) is 5.73 Å². The fourth-order valence-corrected chi connectivity index (χ4v) is 3.44. The van der Waals surface area contributed by atoms with Gasteiger partial charge in [-0.3, -0.25) is 4.90 Å². The maximum absolute atomic E-state index is 6.25. The van der Waals surface area contributed by atoms with Gasteiger partial charge in [-0.1, -0.05) is 44.2 Å². The van der Waals surface area contributed by atoms with Crippen LogP contribution >= 0.6 is 0 Å². The Hall–Kier alpha value is -0.860. The van der Waals surface area contributed by atoms with Crippen LogP contribution in [0.3, 0.4) is 0 Å². The summed E-state index contributed by atoms with van der Waals surface area (Å²) in [7, 11) is 0. The molecule has 0 spiro atoms. The van der Waals surface area contributed by atoms with Crippen LogP contribution < -0.4 is 5.73 Å². The van der Waals surface area contributed by atoms with Gasteiger partial charge in [-0.15, -0.1) is 0 Å². The molecule has 0 bridgehead atoms. The van der Waals surface area contributed by atoms with Crippen LogP contribution in [0.15, 0.2) is 30.3 Å². The summed E-state index contributed by atoms with van der Waals surface area (Å²) in [4.78, 5) is 2.58. The summed E-state index contributed by atoms with van der Waals surface area (Å²) in [5.41, 5.74) is 7.60. The molecule has 1 aliphatic heterocycles. The number of benzene rings is 1. The molecule has 1 aliphatic rings. The van der Waals surface area contributed by atoms with Gasteiger partial charge in [0.1, 0.15) is 0 Å². The lowest BCUT2D eigenvalue weighted by atomic mass is 9.88. The van der Waals surface area contributed by atoms with E-state index in [1.807, 2.05) is 0 Å². The molecular weight excluding hydrogens is 220 g/mol. The van der Waals surface area contributed by atoms with E-state index in [9.17, 15) is 0 Å². The lowest BCUT2D eigenvalue weighted by Crippen LogP contribution is -2.46. The van der Waals surface area contributed by atoms with E-state index < -0.39 is 0 Å². The normalized spacial score (nSPS) is 28.9. The molecule has 0 aromatic heterocycles. The van der Waals surface area contributed by atoms with Crippen molar-refractivity contribution in [3.8, 4) is 0 Å². The summed E-state index contributed by atoms with van der Waals surface area (Å²) in [5, 5.41) is 0. The van der Waals surface area contributed by atoms with E-state index in [0.29, 0.717) is 6.04 Å². The van der Waals surface area contributed by atoms with Crippen LogP contribution in [-0.4, -0.2) is 24.0 Å². The largest absolute Gasteiger partial charge is 0.326 e. The van der Waals surface area contributed by atoms with Crippen molar-refractivity contribution in [2.24, 2.45) is 17.6 Å². The molecule has 1 heterocycles. The Balaban J connectivity index is 2.20. The van der Waals surface area contributed by atoms with Gasteiger partial charge in [0.15, 0.2) is 0 Å². The molecule has 100 valence electrons. The molecule has 1 aromatic rings. The van der Waals surface area contributed by atoms with Crippen molar-refractivity contribution in [3.63, 3.8) is 0 Å². The van der Waals surface area contributed by atoms with Gasteiger partial charge in [0, 0.05) is 25.2 Å². The maximum atomic E-state index is 6.25. The maximum Gasteiger partial charge on any atom is 0.0496 e. The first-order chi connectivity index (χ1) is 8.58. The molecule has 2 nitrogen and oxygen atoms in total. The second-order valence-corrected chi connectivity index (χ2v) is 6.11. The van der Waals surface area contributed by atoms with Crippen molar-refractivity contribution >= 4 is 0 Å². The number of nitrogens with zero attached hydrogens (tertiary/aromatic N) is 1. The Morgan fingerprint density at radius 2 is 1.67 bits per heavy atom. The summed E-state index contributed by atoms with van der Waals surface area (Å²) in [6.45, 7) is 9.18. The molecule has 1 aromatic carbocycles. The third-order valence-electron chi connectivity index (χ3n) is 3.93. The molecular formula is C16H26N2. The molecule has 0 saturated carbocycles. The van der Waals surface area contributed by atoms with E-state index in [1.165, 1.54) is 25.1 Å². The second-order valence-electron chi connectivity index (χ2n) is 6.11. The Kier molecular flexibility index (Phi) is 4.41. The summed E-state index contributed by atoms with van der Waals surface area (Å²) in [6, 6.07) is 11.2. The number of piperidine rings is 1. The summed E-state index contributed by atoms with van der Waals surface area (Å²) >= 11 is 0. The predicted octanol–water partition coefficient (Wildman–Crippen LogP) is 3.05. The molecule has 4 atom stereocenters. The highest BCUT2D eigenvalue weighted by Gasteiger charge is 2.30. The monoisotopic (exact) mass is 246 g/mol. The molecule has 1 saturated heterocycles. The minimum Gasteiger partial charge on any atom is -0.326 e. The summed E-state index contributed by atoms with van der Waals surface area (Å²) in [5.74, 6) is 1.55. The minimum atomic E-state index is 0.171. The average molecular weight is 246 g/mol. The fraction of sp³-hybridized carbons (Fsp3) is 0.625. The molecule has 0 aliphatic carbocycles. The lowest BCUT2D eigenvalue weighted by molar-refractivity contribution is 0.0847. The van der Waals surface area contributed by atoms with Crippen LogP contribution in [0.1, 0.15) is 38.8 Å². The van der Waals surface area contributed by atoms with Crippen LogP contribution in [0, 0.1) is 11.8 Å². The van der Waals surface area contributed by atoms with Crippen molar-refractivity contribution in [3.05, 3.63) is 35.9 Å². The average Bonchev–Trinajstić information content (AvgIpc) is 2.28. The van der Waals surface area contributed by atoms with Crippen LogP contribution in [-0.2, 0) is 0 Å². The molecule has 1 fully saturated rings. The summed E-state index contributed by atoms with van der Waals surface area (Å²) < 4.78 is 0. The van der Waals surface area contributed by atoms with Crippen LogP contribution in [0.25, 0.3) is 0 Å². The van der Waals surface area contributed by atoms with Crippen molar-refractivity contribution in [1.29, 1.82) is 0 Å². The quantitative estimate of drug-likeness (QED) is 0.888. The highest BCUT2D eigenvalue weighted by atomic mass is 15.2. The predicted molar refractivity (Wildman–Crippen MR) is 77.4 cm³/mol. The van der Waals surface area contributed by atoms with Crippen molar-refractivity contribution in [2.75, 3.05) is 13.1 Å². The van der Waals surface area contributed by atoms with Crippen molar-refractivity contribution in [1.82, 2.24) is 4.90 Å². The van der Waals surface area contributed by atoms with Gasteiger partial charge in [0.2, 0.25) is 0 Å². The van der Waals surface area contributed by atoms with E-state index in [0.717, 1.165) is 11.8 Å². The number of hydrogen-bond donors (Lipinski definition) is 1. The third kappa shape index (κ3) is 3.12. The first kappa shape index (κ1) is 13.6. The smallest absolute Gasteiger partial charge is 0.0496 e. The fourth-order valence-electron chi connectivity index (χ4n) is 3.44. The van der Waals surface area contributed by atoms with Gasteiger partial charge < -0.3 is 5.73 Å². The van der Waals surface area contributed by atoms with Gasteiger partial charge in [-0.25, -0.2) is 0 Å². The molecule has 0 radical (unpaired) electrons. The van der Waals surface area contributed by atoms with Gasteiger partial charge in [-0.2, -0.15) is 0 Å². The Morgan fingerprint density at radius 3 is 2.17 bits per heavy atom. The molecule has 0 amide bonds. The first-order valence-corrected chi connectivity index (χ1v) is 7.12. The van der Waals surface area contributed by atoms with Crippen molar-refractivity contribution in [2.45, 2.75) is 39.3 Å². The molecule has 2 heteroatoms. The second kappa shape index (κ2) is 5.85. The van der Waals surface area contributed by atoms with Crippen LogP contribution in [0.2, 0.25) is 0 Å². The highest BCUT2D eigenvalue weighted by Crippen LogP contribution is 2.30. The topological polar surface area (TPSA) is 29.3 Å². The SMILES string of the molecule is CC1CC(C)CN(C(c2ccccc2)C(C)N)C1. The van der Waals surface area contributed by atoms with Crippen LogP contribution in [0.4, 0.5) is 0 Å². The third-order valence-corrected chi connectivity index (χ3v) is 3.93. The highest BCUT2D eigenvalue weighted by molar-refractivity contribution is 5.20. The van der Waals surface area contributed by atoms with Gasteiger partial charge in [-0.05, 0) is 30.7 Å². The standard InChI is InChI=1S/C16H26N2/c1-12-9-13(2)11-18(10-12)16(14(3)17)15-7-5-4-6-8-15/h4-8,12-14,16H,9-11,17H2,1-3H3. The van der Waals surface area contributed by atoms with Crippen molar-refractivity contribution < 1.29 is 0 Å². The first-order valence-electron chi connectivity index (χ1n) is 7.12. The molecule has 18 heavy (non-hydrogen) atoms. The summed E-state index contributed by atoms with van der Waals surface area (Å²) in [6.07, 6.45) is 1.34.